The van der Waals surface area contributed by atoms with Crippen LogP contribution in [0.2, 0.25) is 0 Å². The molecule has 0 saturated carbocycles. The molecule has 1 aliphatic heterocycles. The molecule has 0 amide bonds. The maximum Gasteiger partial charge on any atom is 0.102 e. The summed E-state index contributed by atoms with van der Waals surface area (Å²) < 4.78 is 0. The highest BCUT2D eigenvalue weighted by atomic mass is 32.2. The van der Waals surface area contributed by atoms with Gasteiger partial charge in [0.2, 0.25) is 0 Å². The van der Waals surface area contributed by atoms with Gasteiger partial charge in [-0.3, -0.25) is 0 Å². The number of fused-ring (bicyclic) bond motifs is 1. The largest absolute Gasteiger partial charge is 0.356 e. The van der Waals surface area contributed by atoms with Gasteiger partial charge in [0.05, 0.1) is 11.3 Å². The van der Waals surface area contributed by atoms with Crippen molar-refractivity contribution in [3.63, 3.8) is 0 Å². The molecule has 1 N–H and O–H groups in total. The van der Waals surface area contributed by atoms with Crippen LogP contribution in [0.5, 0.6) is 0 Å². The number of allylic oxidation sites excluding steroid dienone is 1. The van der Waals surface area contributed by atoms with Gasteiger partial charge in [0.15, 0.2) is 0 Å². The van der Waals surface area contributed by atoms with Crippen molar-refractivity contribution in [2.75, 3.05) is 11.1 Å². The lowest BCUT2D eigenvalue weighted by Gasteiger charge is -2.22. The molecule has 1 heterocycles. The van der Waals surface area contributed by atoms with E-state index in [0.29, 0.717) is 0 Å². The summed E-state index contributed by atoms with van der Waals surface area (Å²) in [4.78, 5) is 1.23. The molecular formula is C17H14N2S. The first-order chi connectivity index (χ1) is 9.79. The van der Waals surface area contributed by atoms with Gasteiger partial charge in [0.25, 0.3) is 0 Å². The standard InChI is InChI=1S/C17H14N2S/c1-12-6-2-3-7-13(12)14(10-18)16-11-20-17-9-5-4-8-15(17)19-16/h2-9,19H,11H2,1H3. The third kappa shape index (κ3) is 2.31. The minimum atomic E-state index is 0.741. The first kappa shape index (κ1) is 12.8. The molecule has 20 heavy (non-hydrogen) atoms. The highest BCUT2D eigenvalue weighted by Crippen LogP contribution is 2.36. The van der Waals surface area contributed by atoms with Crippen molar-refractivity contribution in [3.05, 3.63) is 65.4 Å². The van der Waals surface area contributed by atoms with Gasteiger partial charge in [0.1, 0.15) is 6.07 Å². The van der Waals surface area contributed by atoms with Gasteiger partial charge in [-0.05, 0) is 30.2 Å². The molecule has 0 spiro atoms. The topological polar surface area (TPSA) is 35.8 Å². The molecule has 0 aromatic heterocycles. The first-order valence-electron chi connectivity index (χ1n) is 6.47. The molecular weight excluding hydrogens is 264 g/mol. The van der Waals surface area contributed by atoms with Crippen LogP contribution in [0.4, 0.5) is 5.69 Å². The van der Waals surface area contributed by atoms with E-state index in [9.17, 15) is 5.26 Å². The molecule has 2 aromatic carbocycles. The summed E-state index contributed by atoms with van der Waals surface area (Å²) in [6.45, 7) is 2.04. The van der Waals surface area contributed by atoms with Crippen LogP contribution >= 0.6 is 11.8 Å². The van der Waals surface area contributed by atoms with E-state index in [2.05, 4.69) is 17.5 Å². The summed E-state index contributed by atoms with van der Waals surface area (Å²) in [5.74, 6) is 0.800. The summed E-state index contributed by atoms with van der Waals surface area (Å²) in [6.07, 6.45) is 0. The average Bonchev–Trinajstić information content (AvgIpc) is 2.50. The number of anilines is 1. The predicted molar refractivity (Wildman–Crippen MR) is 84.5 cm³/mol. The van der Waals surface area contributed by atoms with Gasteiger partial charge in [0, 0.05) is 16.3 Å². The smallest absolute Gasteiger partial charge is 0.102 e. The molecule has 0 atom stereocenters. The van der Waals surface area contributed by atoms with Crippen molar-refractivity contribution in [1.29, 1.82) is 5.26 Å². The maximum atomic E-state index is 9.55. The molecule has 3 heteroatoms. The van der Waals surface area contributed by atoms with Crippen LogP contribution in [0, 0.1) is 18.3 Å². The molecule has 0 bridgehead atoms. The fourth-order valence-corrected chi connectivity index (χ4v) is 3.29. The Morgan fingerprint density at radius 2 is 1.90 bits per heavy atom. The highest BCUT2D eigenvalue weighted by Gasteiger charge is 2.17. The lowest BCUT2D eigenvalue weighted by Crippen LogP contribution is -2.11. The van der Waals surface area contributed by atoms with Crippen molar-refractivity contribution in [3.8, 4) is 6.07 Å². The van der Waals surface area contributed by atoms with Gasteiger partial charge in [-0.15, -0.1) is 11.8 Å². The SMILES string of the molecule is Cc1ccccc1C(C#N)=C1CSc2ccccc2N1. The quantitative estimate of drug-likeness (QED) is 0.783. The zero-order valence-corrected chi connectivity index (χ0v) is 12.0. The summed E-state index contributed by atoms with van der Waals surface area (Å²) in [5.41, 5.74) is 4.95. The number of hydrogen-bond donors (Lipinski definition) is 1. The van der Waals surface area contributed by atoms with E-state index in [1.165, 1.54) is 4.90 Å². The molecule has 0 saturated heterocycles. The van der Waals surface area contributed by atoms with Crippen LogP contribution in [0.3, 0.4) is 0 Å². The van der Waals surface area contributed by atoms with E-state index in [4.69, 9.17) is 0 Å². The Kier molecular flexibility index (Phi) is 3.49. The van der Waals surface area contributed by atoms with Gasteiger partial charge in [-0.25, -0.2) is 0 Å². The zero-order chi connectivity index (χ0) is 13.9. The minimum absolute atomic E-state index is 0.741. The maximum absolute atomic E-state index is 9.55. The molecule has 2 aromatic rings. The number of nitrogens with one attached hydrogen (secondary N) is 1. The van der Waals surface area contributed by atoms with Crippen LogP contribution < -0.4 is 5.32 Å². The van der Waals surface area contributed by atoms with E-state index in [-0.39, 0.29) is 0 Å². The number of para-hydroxylation sites is 1. The number of aryl methyl sites for hydroxylation is 1. The predicted octanol–water partition coefficient (Wildman–Crippen LogP) is 4.45. The van der Waals surface area contributed by atoms with Gasteiger partial charge >= 0.3 is 0 Å². The lowest BCUT2D eigenvalue weighted by atomic mass is 10.00. The Hall–Kier alpha value is -2.18. The van der Waals surface area contributed by atoms with Crippen LogP contribution in [0.25, 0.3) is 5.57 Å². The van der Waals surface area contributed by atoms with Crippen molar-refractivity contribution in [2.45, 2.75) is 11.8 Å². The summed E-state index contributed by atoms with van der Waals surface area (Å²) in [7, 11) is 0. The first-order valence-corrected chi connectivity index (χ1v) is 7.46. The zero-order valence-electron chi connectivity index (χ0n) is 11.2. The van der Waals surface area contributed by atoms with E-state index in [1.54, 1.807) is 11.8 Å². The van der Waals surface area contributed by atoms with Crippen LogP contribution in [0.1, 0.15) is 11.1 Å². The lowest BCUT2D eigenvalue weighted by molar-refractivity contribution is 1.28. The Bertz CT molecular complexity index is 726. The number of nitrogens with zero attached hydrogens (tertiary/aromatic N) is 1. The minimum Gasteiger partial charge on any atom is -0.356 e. The summed E-state index contributed by atoms with van der Waals surface area (Å²) in [5, 5.41) is 13.0. The molecule has 98 valence electrons. The Labute approximate surface area is 123 Å². The van der Waals surface area contributed by atoms with E-state index < -0.39 is 0 Å². The highest BCUT2D eigenvalue weighted by molar-refractivity contribution is 7.99. The molecule has 3 rings (SSSR count). The third-order valence-electron chi connectivity index (χ3n) is 3.37. The van der Waals surface area contributed by atoms with Crippen LogP contribution in [-0.4, -0.2) is 5.75 Å². The number of rotatable bonds is 1. The van der Waals surface area contributed by atoms with Crippen molar-refractivity contribution >= 4 is 23.0 Å². The van der Waals surface area contributed by atoms with E-state index in [1.807, 2.05) is 49.4 Å². The van der Waals surface area contributed by atoms with Crippen LogP contribution in [0.15, 0.2) is 59.1 Å². The van der Waals surface area contributed by atoms with E-state index in [0.717, 1.165) is 33.8 Å². The van der Waals surface area contributed by atoms with Gasteiger partial charge in [-0.2, -0.15) is 5.26 Å². The van der Waals surface area contributed by atoms with Crippen LogP contribution in [-0.2, 0) is 0 Å². The second kappa shape index (κ2) is 5.44. The summed E-state index contributed by atoms with van der Waals surface area (Å²) in [6, 6.07) is 18.6. The van der Waals surface area contributed by atoms with Crippen molar-refractivity contribution < 1.29 is 0 Å². The van der Waals surface area contributed by atoms with Gasteiger partial charge in [-0.1, -0.05) is 36.4 Å². The Morgan fingerprint density at radius 3 is 2.70 bits per heavy atom. The molecule has 2 nitrogen and oxygen atoms in total. The molecule has 1 aliphatic rings. The average molecular weight is 278 g/mol. The molecule has 0 radical (unpaired) electrons. The Morgan fingerprint density at radius 1 is 1.15 bits per heavy atom. The molecule has 0 aliphatic carbocycles. The number of thioether (sulfide) groups is 1. The molecule has 0 unspecified atom stereocenters. The van der Waals surface area contributed by atoms with E-state index >= 15 is 0 Å². The number of nitriles is 1. The fraction of sp³-hybridized carbons (Fsp3) is 0.118. The van der Waals surface area contributed by atoms with Crippen molar-refractivity contribution in [1.82, 2.24) is 0 Å². The van der Waals surface area contributed by atoms with Gasteiger partial charge < -0.3 is 5.32 Å². The Balaban J connectivity index is 2.06. The number of hydrogen-bond acceptors (Lipinski definition) is 3. The third-order valence-corrected chi connectivity index (χ3v) is 4.47. The number of benzene rings is 2. The second-order valence-electron chi connectivity index (χ2n) is 4.69. The van der Waals surface area contributed by atoms with Crippen molar-refractivity contribution in [2.24, 2.45) is 0 Å². The normalized spacial score (nSPS) is 15.8. The summed E-state index contributed by atoms with van der Waals surface area (Å²) >= 11 is 1.77. The molecule has 0 fully saturated rings. The monoisotopic (exact) mass is 278 g/mol. The fourth-order valence-electron chi connectivity index (χ4n) is 2.32. The second-order valence-corrected chi connectivity index (χ2v) is 5.71.